The number of fused-ring (bicyclic) bond motifs is 1. The van der Waals surface area contributed by atoms with Crippen molar-refractivity contribution in [3.8, 4) is 0 Å². The zero-order valence-electron chi connectivity index (χ0n) is 17.0. The van der Waals surface area contributed by atoms with Crippen molar-refractivity contribution in [2.24, 2.45) is 0 Å². The number of allylic oxidation sites excluding steroid dienone is 2. The molecule has 2 heterocycles. The summed E-state index contributed by atoms with van der Waals surface area (Å²) in [6, 6.07) is 2.37. The molecule has 2 aliphatic heterocycles. The van der Waals surface area contributed by atoms with E-state index in [0.29, 0.717) is 18.9 Å². The smallest absolute Gasteiger partial charge is 0.417 e. The number of hydrogen-bond acceptors (Lipinski definition) is 4. The molecule has 0 radical (unpaired) electrons. The number of benzene rings is 1. The van der Waals surface area contributed by atoms with E-state index < -0.39 is 32.8 Å². The van der Waals surface area contributed by atoms with Crippen molar-refractivity contribution < 1.29 is 31.1 Å². The molecule has 0 N–H and O–H groups in total. The van der Waals surface area contributed by atoms with Crippen LogP contribution in [-0.2, 0) is 20.9 Å². The summed E-state index contributed by atoms with van der Waals surface area (Å²) in [5, 5.41) is 0. The highest BCUT2D eigenvalue weighted by Crippen LogP contribution is 2.37. The van der Waals surface area contributed by atoms with Gasteiger partial charge in [0.25, 0.3) is 0 Å². The van der Waals surface area contributed by atoms with Gasteiger partial charge in [-0.1, -0.05) is 34.2 Å². The largest absolute Gasteiger partial charge is 0.418 e. The fourth-order valence-corrected chi connectivity index (χ4v) is 6.24. The number of carbonyl (C=O) groups is 1. The minimum Gasteiger partial charge on any atom is -0.418 e. The quantitative estimate of drug-likeness (QED) is 0.558. The first kappa shape index (κ1) is 23.1. The highest BCUT2D eigenvalue weighted by Gasteiger charge is 2.41. The highest BCUT2D eigenvalue weighted by molar-refractivity contribution is 9.10. The van der Waals surface area contributed by atoms with Gasteiger partial charge in [-0.25, -0.2) is 13.2 Å². The van der Waals surface area contributed by atoms with Gasteiger partial charge in [0.2, 0.25) is 10.0 Å². The Labute approximate surface area is 192 Å². The van der Waals surface area contributed by atoms with E-state index in [9.17, 15) is 26.4 Å². The predicted octanol–water partition coefficient (Wildman–Crippen LogP) is 4.84. The lowest BCUT2D eigenvalue weighted by Gasteiger charge is -2.44. The number of halogens is 4. The second-order valence-corrected chi connectivity index (χ2v) is 10.6. The van der Waals surface area contributed by atoms with Crippen LogP contribution in [0.2, 0.25) is 0 Å². The summed E-state index contributed by atoms with van der Waals surface area (Å²) in [4.78, 5) is 13.7. The van der Waals surface area contributed by atoms with Crippen LogP contribution >= 0.6 is 15.9 Å². The molecule has 172 valence electrons. The summed E-state index contributed by atoms with van der Waals surface area (Å²) in [6.07, 6.45) is 2.60. The molecule has 4 rings (SSSR count). The van der Waals surface area contributed by atoms with Crippen LogP contribution in [-0.4, -0.2) is 48.9 Å². The average Bonchev–Trinajstić information content (AvgIpc) is 2.74. The summed E-state index contributed by atoms with van der Waals surface area (Å²) in [5.74, 6) is 0. The molecular weight excluding hydrogens is 513 g/mol. The van der Waals surface area contributed by atoms with Crippen molar-refractivity contribution in [2.75, 3.05) is 13.1 Å². The van der Waals surface area contributed by atoms with Crippen LogP contribution in [0.25, 0.3) is 0 Å². The number of cyclic esters (lactones) is 1. The average molecular weight is 533 g/mol. The Bertz CT molecular complexity index is 1140. The Morgan fingerprint density at radius 2 is 1.88 bits per heavy atom. The number of sulfonamides is 1. The number of hydrogen-bond donors (Lipinski definition) is 0. The molecule has 1 atom stereocenters. The SMILES string of the molecule is CC1=CC=CC2=COC(=O)N(C3CCN(S(=O)(=O)c4ccc(Br)c(C(F)(F)F)c4)CC3)C12. The van der Waals surface area contributed by atoms with Gasteiger partial charge in [0, 0.05) is 29.2 Å². The Morgan fingerprint density at radius 1 is 1.19 bits per heavy atom. The van der Waals surface area contributed by atoms with Crippen molar-refractivity contribution in [1.82, 2.24) is 9.21 Å². The molecule has 1 aromatic carbocycles. The first-order chi connectivity index (χ1) is 15.0. The van der Waals surface area contributed by atoms with Gasteiger partial charge in [-0.15, -0.1) is 0 Å². The fraction of sp³-hybridized carbons (Fsp3) is 0.381. The number of nitrogens with zero attached hydrogens (tertiary/aromatic N) is 2. The van der Waals surface area contributed by atoms with Crippen LogP contribution in [0.15, 0.2) is 63.2 Å². The molecule has 1 unspecified atom stereocenters. The molecule has 0 aromatic heterocycles. The van der Waals surface area contributed by atoms with Gasteiger partial charge in [0.15, 0.2) is 0 Å². The van der Waals surface area contributed by atoms with E-state index in [1.807, 2.05) is 25.2 Å². The Morgan fingerprint density at radius 3 is 2.53 bits per heavy atom. The molecule has 1 aliphatic carbocycles. The predicted molar refractivity (Wildman–Crippen MR) is 114 cm³/mol. The topological polar surface area (TPSA) is 66.9 Å². The Hall–Kier alpha value is -2.11. The van der Waals surface area contributed by atoms with Gasteiger partial charge in [-0.05, 0) is 43.5 Å². The summed E-state index contributed by atoms with van der Waals surface area (Å²) in [6.45, 7) is 2.08. The van der Waals surface area contributed by atoms with Gasteiger partial charge in [0.05, 0.1) is 16.5 Å². The first-order valence-electron chi connectivity index (χ1n) is 9.91. The van der Waals surface area contributed by atoms with E-state index in [0.717, 1.165) is 23.3 Å². The van der Waals surface area contributed by atoms with Crippen molar-refractivity contribution in [1.29, 1.82) is 0 Å². The number of ether oxygens (including phenoxy) is 1. The lowest BCUT2D eigenvalue weighted by atomic mass is 9.91. The third kappa shape index (κ3) is 4.13. The molecule has 32 heavy (non-hydrogen) atoms. The lowest BCUT2D eigenvalue weighted by Crippen LogP contribution is -2.54. The molecule has 1 amide bonds. The van der Waals surface area contributed by atoms with Gasteiger partial charge in [-0.2, -0.15) is 17.5 Å². The van der Waals surface area contributed by atoms with Crippen molar-refractivity contribution in [3.05, 3.63) is 63.9 Å². The molecule has 0 saturated carbocycles. The summed E-state index contributed by atoms with van der Waals surface area (Å²) >= 11 is 2.83. The highest BCUT2D eigenvalue weighted by atomic mass is 79.9. The van der Waals surface area contributed by atoms with Crippen molar-refractivity contribution in [2.45, 2.75) is 42.9 Å². The normalized spacial score (nSPS) is 22.8. The first-order valence-corrected chi connectivity index (χ1v) is 12.1. The van der Waals surface area contributed by atoms with Crippen LogP contribution in [0.3, 0.4) is 0 Å². The summed E-state index contributed by atoms with van der Waals surface area (Å²) in [5.41, 5.74) is 0.769. The van der Waals surface area contributed by atoms with E-state index >= 15 is 0 Å². The zero-order valence-corrected chi connectivity index (χ0v) is 19.4. The molecule has 1 fully saturated rings. The maximum absolute atomic E-state index is 13.2. The van der Waals surface area contributed by atoms with E-state index in [4.69, 9.17) is 4.74 Å². The molecular formula is C21H20BrF3N2O4S. The van der Waals surface area contributed by atoms with E-state index in [1.54, 1.807) is 4.90 Å². The number of rotatable bonds is 3. The molecule has 1 aromatic rings. The minimum absolute atomic E-state index is 0.0819. The Balaban J connectivity index is 1.53. The minimum atomic E-state index is -4.68. The van der Waals surface area contributed by atoms with Crippen LogP contribution in [0, 0.1) is 0 Å². The molecule has 11 heteroatoms. The Kier molecular flexibility index (Phi) is 6.01. The van der Waals surface area contributed by atoms with E-state index in [1.165, 1.54) is 10.6 Å². The zero-order chi connectivity index (χ0) is 23.3. The molecule has 0 bridgehead atoms. The second kappa shape index (κ2) is 8.35. The maximum Gasteiger partial charge on any atom is 0.417 e. The second-order valence-electron chi connectivity index (χ2n) is 7.86. The third-order valence-corrected chi connectivity index (χ3v) is 8.46. The van der Waals surface area contributed by atoms with Gasteiger partial charge in [0.1, 0.15) is 6.26 Å². The van der Waals surface area contributed by atoms with Crippen LogP contribution < -0.4 is 0 Å². The van der Waals surface area contributed by atoms with Gasteiger partial charge < -0.3 is 4.74 Å². The monoisotopic (exact) mass is 532 g/mol. The van der Waals surface area contributed by atoms with Crippen LogP contribution in [0.1, 0.15) is 25.3 Å². The lowest BCUT2D eigenvalue weighted by molar-refractivity contribution is -0.138. The number of carbonyl (C=O) groups excluding carboxylic acids is 1. The standard InChI is InChI=1S/C21H20BrF3N2O4S/c1-13-3-2-4-14-12-31-20(28)27(19(13)14)15-7-9-26(10-8-15)32(29,30)16-5-6-18(22)17(11-16)21(23,24)25/h2-6,11-12,15,19H,7-10H2,1H3. The van der Waals surface area contributed by atoms with Crippen molar-refractivity contribution >= 4 is 32.0 Å². The van der Waals surface area contributed by atoms with Crippen LogP contribution in [0.4, 0.5) is 18.0 Å². The van der Waals surface area contributed by atoms with Crippen LogP contribution in [0.5, 0.6) is 0 Å². The van der Waals surface area contributed by atoms with Crippen molar-refractivity contribution in [3.63, 3.8) is 0 Å². The van der Waals surface area contributed by atoms with E-state index in [-0.39, 0.29) is 29.6 Å². The molecule has 1 saturated heterocycles. The number of alkyl halides is 3. The summed E-state index contributed by atoms with van der Waals surface area (Å²) in [7, 11) is -4.12. The summed E-state index contributed by atoms with van der Waals surface area (Å²) < 4.78 is 71.8. The molecule has 0 spiro atoms. The van der Waals surface area contributed by atoms with Gasteiger partial charge >= 0.3 is 12.3 Å². The number of piperidine rings is 1. The maximum atomic E-state index is 13.2. The fourth-order valence-electron chi connectivity index (χ4n) is 4.28. The van der Waals surface area contributed by atoms with Gasteiger partial charge in [-0.3, -0.25) is 4.90 Å². The number of amides is 1. The van der Waals surface area contributed by atoms with E-state index in [2.05, 4.69) is 15.9 Å². The molecule has 6 nitrogen and oxygen atoms in total. The molecule has 3 aliphatic rings. The third-order valence-electron chi connectivity index (χ3n) is 5.88.